The second-order valence-electron chi connectivity index (χ2n) is 6.72. The highest BCUT2D eigenvalue weighted by atomic mass is 32.2. The van der Waals surface area contributed by atoms with Gasteiger partial charge in [0.25, 0.3) is 0 Å². The zero-order chi connectivity index (χ0) is 22.1. The van der Waals surface area contributed by atoms with Gasteiger partial charge in [0.05, 0.1) is 42.5 Å². The first-order valence-electron chi connectivity index (χ1n) is 10.3. The first-order chi connectivity index (χ1) is 14.3. The highest BCUT2D eigenvalue weighted by Crippen LogP contribution is 2.31. The van der Waals surface area contributed by atoms with E-state index in [-0.39, 0.29) is 30.3 Å². The summed E-state index contributed by atoms with van der Waals surface area (Å²) in [7, 11) is -3.68. The number of ether oxygens (including phenoxy) is 2. The van der Waals surface area contributed by atoms with E-state index < -0.39 is 16.0 Å². The van der Waals surface area contributed by atoms with Crippen molar-refractivity contribution < 1.29 is 27.5 Å². The summed E-state index contributed by atoms with van der Waals surface area (Å²) in [6, 6.07) is 4.76. The number of esters is 1. The minimum atomic E-state index is -3.68. The molecule has 1 amide bonds. The van der Waals surface area contributed by atoms with Crippen LogP contribution in [-0.4, -0.2) is 70.6 Å². The first kappa shape index (κ1) is 24.1. The van der Waals surface area contributed by atoms with E-state index in [1.807, 2.05) is 4.90 Å². The van der Waals surface area contributed by atoms with Gasteiger partial charge in [0, 0.05) is 32.6 Å². The molecule has 9 nitrogen and oxygen atoms in total. The van der Waals surface area contributed by atoms with Crippen molar-refractivity contribution in [1.29, 1.82) is 0 Å². The van der Waals surface area contributed by atoms with Crippen LogP contribution in [0.3, 0.4) is 0 Å². The molecule has 1 heterocycles. The Kier molecular flexibility index (Phi) is 9.07. The highest BCUT2D eigenvalue weighted by Gasteiger charge is 2.25. The molecule has 0 atom stereocenters. The monoisotopic (exact) mass is 441 g/mol. The molecular formula is C20H31N3O6S. The van der Waals surface area contributed by atoms with Crippen LogP contribution in [0, 0.1) is 0 Å². The quantitative estimate of drug-likeness (QED) is 0.552. The zero-order valence-corrected chi connectivity index (χ0v) is 18.7. The molecule has 0 radical (unpaired) electrons. The molecule has 168 valence electrons. The smallest absolute Gasteiger partial charge is 0.306 e. The van der Waals surface area contributed by atoms with Crippen molar-refractivity contribution in [2.24, 2.45) is 0 Å². The molecular weight excluding hydrogens is 410 g/mol. The SMILES string of the molecule is CCOC(=O)CCC(=O)Nc1cc(S(=O)(=O)N(CC)CC)ccc1N1CCOCC1. The van der Waals surface area contributed by atoms with E-state index in [1.54, 1.807) is 32.9 Å². The molecule has 1 N–H and O–H groups in total. The molecule has 0 unspecified atom stereocenters. The van der Waals surface area contributed by atoms with Crippen LogP contribution in [0.25, 0.3) is 0 Å². The number of nitrogens with zero attached hydrogens (tertiary/aromatic N) is 2. The number of amides is 1. The number of benzene rings is 1. The number of hydrogen-bond acceptors (Lipinski definition) is 7. The van der Waals surface area contributed by atoms with Crippen LogP contribution in [0.15, 0.2) is 23.1 Å². The Labute approximate surface area is 178 Å². The summed E-state index contributed by atoms with van der Waals surface area (Å²) in [4.78, 5) is 26.1. The fraction of sp³-hybridized carbons (Fsp3) is 0.600. The Morgan fingerprint density at radius 1 is 1.13 bits per heavy atom. The van der Waals surface area contributed by atoms with E-state index in [1.165, 1.54) is 10.4 Å². The molecule has 0 aliphatic carbocycles. The second-order valence-corrected chi connectivity index (χ2v) is 8.66. The Balaban J connectivity index is 2.30. The van der Waals surface area contributed by atoms with Crippen molar-refractivity contribution in [3.05, 3.63) is 18.2 Å². The molecule has 0 spiro atoms. The maximum atomic E-state index is 12.9. The Hall–Kier alpha value is -2.17. The number of rotatable bonds is 10. The van der Waals surface area contributed by atoms with Gasteiger partial charge in [0.2, 0.25) is 15.9 Å². The van der Waals surface area contributed by atoms with E-state index in [0.29, 0.717) is 45.1 Å². The molecule has 0 bridgehead atoms. The van der Waals surface area contributed by atoms with Gasteiger partial charge in [-0.25, -0.2) is 8.42 Å². The molecule has 0 aromatic heterocycles. The van der Waals surface area contributed by atoms with Crippen LogP contribution in [0.2, 0.25) is 0 Å². The molecule has 1 aromatic carbocycles. The minimum Gasteiger partial charge on any atom is -0.466 e. The van der Waals surface area contributed by atoms with Crippen molar-refractivity contribution >= 4 is 33.3 Å². The average molecular weight is 442 g/mol. The summed E-state index contributed by atoms with van der Waals surface area (Å²) in [5, 5.41) is 2.78. The fourth-order valence-electron chi connectivity index (χ4n) is 3.23. The summed E-state index contributed by atoms with van der Waals surface area (Å²) in [5.41, 5.74) is 1.13. The maximum absolute atomic E-state index is 12.9. The van der Waals surface area contributed by atoms with Crippen molar-refractivity contribution in [3.63, 3.8) is 0 Å². The topological polar surface area (TPSA) is 105 Å². The molecule has 1 aliphatic rings. The van der Waals surface area contributed by atoms with Crippen LogP contribution >= 0.6 is 0 Å². The van der Waals surface area contributed by atoms with Crippen LogP contribution in [-0.2, 0) is 29.1 Å². The van der Waals surface area contributed by atoms with E-state index >= 15 is 0 Å². The summed E-state index contributed by atoms with van der Waals surface area (Å²) < 4.78 is 37.5. The predicted molar refractivity (Wildman–Crippen MR) is 114 cm³/mol. The van der Waals surface area contributed by atoms with Gasteiger partial charge in [0.1, 0.15) is 0 Å². The number of carbonyl (C=O) groups is 2. The van der Waals surface area contributed by atoms with Crippen LogP contribution in [0.1, 0.15) is 33.6 Å². The third-order valence-corrected chi connectivity index (χ3v) is 6.84. The van der Waals surface area contributed by atoms with E-state index in [0.717, 1.165) is 5.69 Å². The summed E-state index contributed by atoms with van der Waals surface area (Å²) >= 11 is 0. The maximum Gasteiger partial charge on any atom is 0.306 e. The Morgan fingerprint density at radius 2 is 1.80 bits per heavy atom. The Bertz CT molecular complexity index is 833. The van der Waals surface area contributed by atoms with Crippen molar-refractivity contribution in [1.82, 2.24) is 4.31 Å². The normalized spacial score (nSPS) is 14.6. The molecule has 2 rings (SSSR count). The summed E-state index contributed by atoms with van der Waals surface area (Å²) in [5.74, 6) is -0.825. The van der Waals surface area contributed by atoms with Gasteiger partial charge in [-0.2, -0.15) is 4.31 Å². The molecule has 1 fully saturated rings. The van der Waals surface area contributed by atoms with Gasteiger partial charge in [-0.3, -0.25) is 9.59 Å². The van der Waals surface area contributed by atoms with Crippen molar-refractivity contribution in [2.45, 2.75) is 38.5 Å². The van der Waals surface area contributed by atoms with E-state index in [4.69, 9.17) is 9.47 Å². The van der Waals surface area contributed by atoms with Gasteiger partial charge in [0.15, 0.2) is 0 Å². The number of carbonyl (C=O) groups excluding carboxylic acids is 2. The van der Waals surface area contributed by atoms with Gasteiger partial charge in [-0.1, -0.05) is 13.8 Å². The molecule has 1 saturated heterocycles. The lowest BCUT2D eigenvalue weighted by molar-refractivity contribution is -0.144. The molecule has 0 saturated carbocycles. The average Bonchev–Trinajstić information content (AvgIpc) is 2.74. The third kappa shape index (κ3) is 6.16. The van der Waals surface area contributed by atoms with Gasteiger partial charge >= 0.3 is 5.97 Å². The highest BCUT2D eigenvalue weighted by molar-refractivity contribution is 7.89. The second kappa shape index (κ2) is 11.3. The summed E-state index contributed by atoms with van der Waals surface area (Å²) in [6.45, 7) is 8.59. The third-order valence-electron chi connectivity index (χ3n) is 4.80. The predicted octanol–water partition coefficient (Wildman–Crippen LogP) is 1.84. The molecule has 30 heavy (non-hydrogen) atoms. The standard InChI is InChI=1S/C20H31N3O6S/c1-4-23(5-2)30(26,27)16-7-8-18(22-11-13-28-14-12-22)17(15-16)21-19(24)9-10-20(25)29-6-3/h7-8,15H,4-6,9-14H2,1-3H3,(H,21,24). The number of hydrogen-bond donors (Lipinski definition) is 1. The number of morpholine rings is 1. The van der Waals surface area contributed by atoms with Crippen LogP contribution in [0.4, 0.5) is 11.4 Å². The minimum absolute atomic E-state index is 0.0377. The van der Waals surface area contributed by atoms with Crippen molar-refractivity contribution in [2.75, 3.05) is 56.2 Å². The van der Waals surface area contributed by atoms with Gasteiger partial charge in [-0.05, 0) is 25.1 Å². The van der Waals surface area contributed by atoms with E-state index in [2.05, 4.69) is 5.32 Å². The summed E-state index contributed by atoms with van der Waals surface area (Å²) in [6.07, 6.45) is -0.0849. The van der Waals surface area contributed by atoms with E-state index in [9.17, 15) is 18.0 Å². The first-order valence-corrected chi connectivity index (χ1v) is 11.7. The lowest BCUT2D eigenvalue weighted by Crippen LogP contribution is -2.37. The molecule has 1 aliphatic heterocycles. The lowest BCUT2D eigenvalue weighted by Gasteiger charge is -2.31. The molecule has 1 aromatic rings. The number of nitrogens with one attached hydrogen (secondary N) is 1. The zero-order valence-electron chi connectivity index (χ0n) is 17.8. The van der Waals surface area contributed by atoms with Crippen LogP contribution in [0.5, 0.6) is 0 Å². The van der Waals surface area contributed by atoms with Crippen LogP contribution < -0.4 is 10.2 Å². The van der Waals surface area contributed by atoms with Gasteiger partial charge in [-0.15, -0.1) is 0 Å². The fourth-order valence-corrected chi connectivity index (χ4v) is 4.71. The Morgan fingerprint density at radius 3 is 2.40 bits per heavy atom. The van der Waals surface area contributed by atoms with Crippen molar-refractivity contribution in [3.8, 4) is 0 Å². The van der Waals surface area contributed by atoms with Gasteiger partial charge < -0.3 is 19.7 Å². The number of sulfonamides is 1. The lowest BCUT2D eigenvalue weighted by atomic mass is 10.2. The largest absolute Gasteiger partial charge is 0.466 e. The number of anilines is 2. The molecule has 10 heteroatoms.